The average molecular weight is 413 g/mol. The van der Waals surface area contributed by atoms with Crippen LogP contribution >= 0.6 is 23.2 Å². The quantitative estimate of drug-likeness (QED) is 0.488. The molecular formula is C19H22Cl2N2O4. The van der Waals surface area contributed by atoms with Crippen LogP contribution in [0.4, 0.5) is 0 Å². The van der Waals surface area contributed by atoms with E-state index in [9.17, 15) is 4.79 Å². The summed E-state index contributed by atoms with van der Waals surface area (Å²) in [6, 6.07) is 12.8. The number of ether oxygens (including phenoxy) is 3. The molecule has 0 aliphatic heterocycles. The van der Waals surface area contributed by atoms with Gasteiger partial charge in [0, 0.05) is 12.1 Å². The zero-order valence-corrected chi connectivity index (χ0v) is 16.8. The molecule has 0 aliphatic rings. The normalized spacial score (nSPS) is 11.8. The van der Waals surface area contributed by atoms with Crippen LogP contribution in [0.3, 0.4) is 0 Å². The third-order valence-electron chi connectivity index (χ3n) is 3.83. The molecule has 27 heavy (non-hydrogen) atoms. The standard InChI is InChI=1S/C19H22Cl2N2O4/c1-25-14-9-13(10-15(26-2)16(14)27-3)19(24)23-18(17(20)21)22-11-12-7-5-4-6-8-12/h4-10,17-18,22H,11H2,1-3H3,(H,23,24). The molecule has 1 unspecified atom stereocenters. The Hall–Kier alpha value is -2.15. The lowest BCUT2D eigenvalue weighted by Crippen LogP contribution is -2.49. The van der Waals surface area contributed by atoms with E-state index >= 15 is 0 Å². The van der Waals surface area contributed by atoms with Crippen LogP contribution in [0, 0.1) is 0 Å². The molecule has 0 aliphatic carbocycles. The first-order valence-electron chi connectivity index (χ1n) is 8.16. The number of halogens is 2. The first-order chi connectivity index (χ1) is 13.0. The summed E-state index contributed by atoms with van der Waals surface area (Å²) in [6.07, 6.45) is -0.653. The molecule has 1 atom stereocenters. The number of amides is 1. The van der Waals surface area contributed by atoms with E-state index in [1.54, 1.807) is 12.1 Å². The maximum absolute atomic E-state index is 12.7. The Kier molecular flexibility index (Phi) is 8.03. The van der Waals surface area contributed by atoms with Crippen LogP contribution in [0.5, 0.6) is 17.2 Å². The first-order valence-corrected chi connectivity index (χ1v) is 9.03. The fourth-order valence-electron chi connectivity index (χ4n) is 2.46. The van der Waals surface area contributed by atoms with Crippen molar-refractivity contribution >= 4 is 29.1 Å². The molecule has 0 radical (unpaired) electrons. The Bertz CT molecular complexity index is 732. The van der Waals surface area contributed by atoms with Gasteiger partial charge in [-0.2, -0.15) is 0 Å². The first kappa shape index (κ1) is 21.2. The third-order valence-corrected chi connectivity index (χ3v) is 4.34. The largest absolute Gasteiger partial charge is 0.493 e. The van der Waals surface area contributed by atoms with Crippen molar-refractivity contribution in [1.82, 2.24) is 10.6 Å². The molecule has 6 nitrogen and oxygen atoms in total. The van der Waals surface area contributed by atoms with E-state index < -0.39 is 11.0 Å². The Morgan fingerprint density at radius 3 is 2.07 bits per heavy atom. The van der Waals surface area contributed by atoms with E-state index in [1.165, 1.54) is 21.3 Å². The van der Waals surface area contributed by atoms with Crippen molar-refractivity contribution in [2.45, 2.75) is 17.5 Å². The Morgan fingerprint density at radius 1 is 1.00 bits per heavy atom. The number of hydrogen-bond donors (Lipinski definition) is 2. The van der Waals surface area contributed by atoms with E-state index in [0.29, 0.717) is 29.4 Å². The molecule has 0 aromatic heterocycles. The summed E-state index contributed by atoms with van der Waals surface area (Å²) in [5, 5.41) is 5.91. The molecule has 0 fully saturated rings. The maximum Gasteiger partial charge on any atom is 0.252 e. The van der Waals surface area contributed by atoms with Crippen LogP contribution in [0.15, 0.2) is 42.5 Å². The van der Waals surface area contributed by atoms with E-state index in [2.05, 4.69) is 10.6 Å². The zero-order chi connectivity index (χ0) is 19.8. The van der Waals surface area contributed by atoms with Gasteiger partial charge in [-0.05, 0) is 17.7 Å². The second kappa shape index (κ2) is 10.3. The molecule has 0 heterocycles. The molecule has 2 rings (SSSR count). The predicted octanol–water partition coefficient (Wildman–Crippen LogP) is 3.36. The number of alkyl halides is 2. The summed E-state index contributed by atoms with van der Waals surface area (Å²) in [7, 11) is 4.46. The predicted molar refractivity (Wildman–Crippen MR) is 106 cm³/mol. The number of nitrogens with one attached hydrogen (secondary N) is 2. The highest BCUT2D eigenvalue weighted by atomic mass is 35.5. The molecule has 1 amide bonds. The minimum atomic E-state index is -0.847. The highest BCUT2D eigenvalue weighted by molar-refractivity contribution is 6.44. The van der Waals surface area contributed by atoms with Gasteiger partial charge in [0.25, 0.3) is 5.91 Å². The number of rotatable bonds is 9. The fraction of sp³-hybridized carbons (Fsp3) is 0.316. The zero-order valence-electron chi connectivity index (χ0n) is 15.3. The van der Waals surface area contributed by atoms with E-state index in [0.717, 1.165) is 5.56 Å². The van der Waals surface area contributed by atoms with Gasteiger partial charge in [0.05, 0.1) is 21.3 Å². The number of benzene rings is 2. The van der Waals surface area contributed by atoms with Gasteiger partial charge in [-0.25, -0.2) is 0 Å². The van der Waals surface area contributed by atoms with E-state index in [4.69, 9.17) is 37.4 Å². The Balaban J connectivity index is 2.15. The van der Waals surface area contributed by atoms with Gasteiger partial charge in [0.15, 0.2) is 11.5 Å². The van der Waals surface area contributed by atoms with Crippen molar-refractivity contribution in [3.63, 3.8) is 0 Å². The minimum absolute atomic E-state index is 0.324. The molecule has 2 N–H and O–H groups in total. The number of carbonyl (C=O) groups excluding carboxylic acids is 1. The summed E-state index contributed by atoms with van der Waals surface area (Å²) in [4.78, 5) is 11.8. The lowest BCUT2D eigenvalue weighted by molar-refractivity contribution is 0.0930. The Labute approximate surface area is 168 Å². The van der Waals surface area contributed by atoms with Gasteiger partial charge in [-0.1, -0.05) is 30.3 Å². The molecule has 8 heteroatoms. The second-order valence-electron chi connectivity index (χ2n) is 5.57. The average Bonchev–Trinajstić information content (AvgIpc) is 2.70. The third kappa shape index (κ3) is 5.66. The van der Waals surface area contributed by atoms with Crippen LogP contribution in [0.25, 0.3) is 0 Å². The molecule has 0 spiro atoms. The number of carbonyl (C=O) groups is 1. The minimum Gasteiger partial charge on any atom is -0.493 e. The Morgan fingerprint density at radius 2 is 1.59 bits per heavy atom. The monoisotopic (exact) mass is 412 g/mol. The van der Waals surface area contributed by atoms with Gasteiger partial charge in [0.1, 0.15) is 11.0 Å². The number of methoxy groups -OCH3 is 3. The summed E-state index contributed by atoms with van der Waals surface area (Å²) >= 11 is 12.1. The van der Waals surface area contributed by atoms with Crippen LogP contribution in [0.1, 0.15) is 15.9 Å². The second-order valence-corrected chi connectivity index (χ2v) is 6.73. The summed E-state index contributed by atoms with van der Waals surface area (Å²) < 4.78 is 15.8. The van der Waals surface area contributed by atoms with Crippen molar-refractivity contribution in [3.8, 4) is 17.2 Å². The highest BCUT2D eigenvalue weighted by Gasteiger charge is 2.22. The van der Waals surface area contributed by atoms with Gasteiger partial charge < -0.3 is 19.5 Å². The maximum atomic E-state index is 12.7. The summed E-state index contributed by atoms with van der Waals surface area (Å²) in [5.74, 6) is 0.780. The van der Waals surface area contributed by atoms with Crippen LogP contribution in [-0.2, 0) is 6.54 Å². The molecule has 0 saturated heterocycles. The molecule has 146 valence electrons. The van der Waals surface area contributed by atoms with Crippen LogP contribution < -0.4 is 24.8 Å². The summed E-state index contributed by atoms with van der Waals surface area (Å²) in [6.45, 7) is 0.497. The van der Waals surface area contributed by atoms with Crippen molar-refractivity contribution in [1.29, 1.82) is 0 Å². The van der Waals surface area contributed by atoms with Crippen LogP contribution in [-0.4, -0.2) is 38.2 Å². The SMILES string of the molecule is COc1cc(C(=O)NC(NCc2ccccc2)C(Cl)Cl)cc(OC)c1OC. The lowest BCUT2D eigenvalue weighted by atomic mass is 10.1. The molecule has 0 bridgehead atoms. The molecule has 0 saturated carbocycles. The van der Waals surface area contributed by atoms with Crippen molar-refractivity contribution < 1.29 is 19.0 Å². The fourth-order valence-corrected chi connectivity index (χ4v) is 2.77. The molecule has 2 aromatic carbocycles. The van der Waals surface area contributed by atoms with Crippen molar-refractivity contribution in [3.05, 3.63) is 53.6 Å². The highest BCUT2D eigenvalue weighted by Crippen LogP contribution is 2.38. The smallest absolute Gasteiger partial charge is 0.252 e. The van der Waals surface area contributed by atoms with Crippen LogP contribution in [0.2, 0.25) is 0 Å². The summed E-state index contributed by atoms with van der Waals surface area (Å²) in [5.41, 5.74) is 1.36. The van der Waals surface area contributed by atoms with Gasteiger partial charge in [-0.3, -0.25) is 10.1 Å². The van der Waals surface area contributed by atoms with Crippen molar-refractivity contribution in [2.75, 3.05) is 21.3 Å². The molecular weight excluding hydrogens is 391 g/mol. The van der Waals surface area contributed by atoms with Crippen molar-refractivity contribution in [2.24, 2.45) is 0 Å². The van der Waals surface area contributed by atoms with Gasteiger partial charge >= 0.3 is 0 Å². The topological polar surface area (TPSA) is 68.8 Å². The van der Waals surface area contributed by atoms with Gasteiger partial charge in [-0.15, -0.1) is 23.2 Å². The lowest BCUT2D eigenvalue weighted by Gasteiger charge is -2.22. The number of hydrogen-bond acceptors (Lipinski definition) is 5. The molecule has 2 aromatic rings. The van der Waals surface area contributed by atoms with E-state index in [1.807, 2.05) is 30.3 Å². The van der Waals surface area contributed by atoms with Gasteiger partial charge in [0.2, 0.25) is 5.75 Å². The van der Waals surface area contributed by atoms with E-state index in [-0.39, 0.29) is 5.91 Å².